The van der Waals surface area contributed by atoms with Crippen LogP contribution in [0.3, 0.4) is 0 Å². The van der Waals surface area contributed by atoms with Gasteiger partial charge in [0.1, 0.15) is 0 Å². The van der Waals surface area contributed by atoms with Crippen molar-refractivity contribution in [2.24, 2.45) is 0 Å². The lowest BCUT2D eigenvalue weighted by Crippen LogP contribution is -2.19. The third-order valence-corrected chi connectivity index (χ3v) is 3.97. The second kappa shape index (κ2) is 6.27. The van der Waals surface area contributed by atoms with Crippen molar-refractivity contribution in [3.63, 3.8) is 0 Å². The molecule has 0 saturated heterocycles. The minimum Gasteiger partial charge on any atom is -0.368 e. The molecule has 1 aromatic carbocycles. The molecule has 0 aliphatic heterocycles. The van der Waals surface area contributed by atoms with E-state index in [1.54, 1.807) is 0 Å². The number of anilines is 1. The van der Waals surface area contributed by atoms with Crippen molar-refractivity contribution in [2.75, 3.05) is 11.9 Å². The van der Waals surface area contributed by atoms with E-state index in [1.165, 1.54) is 29.7 Å². The van der Waals surface area contributed by atoms with Crippen LogP contribution in [-0.4, -0.2) is 18.1 Å². The molecule has 1 N–H and O–H groups in total. The number of nitrogens with one attached hydrogen (secondary N) is 1. The molecule has 0 spiro atoms. The highest BCUT2D eigenvalue weighted by atomic mass is 15.1. The highest BCUT2D eigenvalue weighted by Gasteiger charge is 2.20. The largest absolute Gasteiger partial charge is 0.368 e. The number of nitrogens with zero attached hydrogens (tertiary/aromatic N) is 2. The maximum atomic E-state index is 4.40. The molecule has 1 aliphatic carbocycles. The van der Waals surface area contributed by atoms with Crippen LogP contribution in [0.25, 0.3) is 0 Å². The third-order valence-electron chi connectivity index (χ3n) is 3.97. The summed E-state index contributed by atoms with van der Waals surface area (Å²) in [6, 6.07) is 13.6. The van der Waals surface area contributed by atoms with Crippen LogP contribution in [0.2, 0.25) is 0 Å². The average molecular weight is 281 g/mol. The second-order valence-electron chi connectivity index (χ2n) is 5.95. The van der Waals surface area contributed by atoms with Crippen LogP contribution in [0.4, 0.5) is 5.69 Å². The number of benzene rings is 1. The first-order chi connectivity index (χ1) is 10.2. The van der Waals surface area contributed by atoms with Gasteiger partial charge in [0.05, 0.1) is 12.2 Å². The molecule has 110 valence electrons. The smallest absolute Gasteiger partial charge is 0.0598 e. The molecular weight excluding hydrogens is 258 g/mol. The van der Waals surface area contributed by atoms with Crippen LogP contribution in [0, 0.1) is 6.92 Å². The van der Waals surface area contributed by atoms with Gasteiger partial charge < -0.3 is 10.2 Å². The van der Waals surface area contributed by atoms with Crippen LogP contribution >= 0.6 is 0 Å². The Morgan fingerprint density at radius 3 is 2.76 bits per heavy atom. The second-order valence-corrected chi connectivity index (χ2v) is 5.95. The topological polar surface area (TPSA) is 28.2 Å². The minimum absolute atomic E-state index is 0.761. The summed E-state index contributed by atoms with van der Waals surface area (Å²) in [5.74, 6) is 0. The summed E-state index contributed by atoms with van der Waals surface area (Å²) in [5.41, 5.74) is 5.06. The number of aryl methyl sites for hydroxylation is 1. The standard InChI is InChI=1S/C18H23N3/c1-14-11-15(12-20-16-7-8-16)6-9-18(14)21(2)13-17-5-3-4-10-19-17/h3-6,9-11,16,20H,7-8,12-13H2,1-2H3. The SMILES string of the molecule is Cc1cc(CNC2CC2)ccc1N(C)Cc1ccccn1. The molecule has 1 heterocycles. The van der Waals surface area contributed by atoms with Crippen LogP contribution < -0.4 is 10.2 Å². The molecule has 1 fully saturated rings. The predicted octanol–water partition coefficient (Wildman–Crippen LogP) is 3.28. The molecule has 1 saturated carbocycles. The van der Waals surface area contributed by atoms with E-state index in [-0.39, 0.29) is 0 Å². The van der Waals surface area contributed by atoms with E-state index in [2.05, 4.69) is 53.4 Å². The number of pyridine rings is 1. The summed E-state index contributed by atoms with van der Waals surface area (Å²) >= 11 is 0. The third kappa shape index (κ3) is 3.82. The van der Waals surface area contributed by atoms with Crippen LogP contribution in [0.5, 0.6) is 0 Å². The lowest BCUT2D eigenvalue weighted by atomic mass is 10.1. The quantitative estimate of drug-likeness (QED) is 0.880. The van der Waals surface area contributed by atoms with E-state index in [1.807, 2.05) is 18.3 Å². The number of hydrogen-bond donors (Lipinski definition) is 1. The molecule has 3 heteroatoms. The summed E-state index contributed by atoms with van der Waals surface area (Å²) in [6.07, 6.45) is 4.52. The Kier molecular flexibility index (Phi) is 4.20. The lowest BCUT2D eigenvalue weighted by molar-refractivity contribution is 0.687. The summed E-state index contributed by atoms with van der Waals surface area (Å²) in [6.45, 7) is 4.00. The van der Waals surface area contributed by atoms with Gasteiger partial charge in [-0.2, -0.15) is 0 Å². The molecule has 0 amide bonds. The molecule has 0 unspecified atom stereocenters. The number of aromatic nitrogens is 1. The van der Waals surface area contributed by atoms with Crippen LogP contribution in [0.15, 0.2) is 42.6 Å². The lowest BCUT2D eigenvalue weighted by Gasteiger charge is -2.21. The molecule has 21 heavy (non-hydrogen) atoms. The molecule has 0 atom stereocenters. The zero-order chi connectivity index (χ0) is 14.7. The maximum absolute atomic E-state index is 4.40. The van der Waals surface area contributed by atoms with Crippen molar-refractivity contribution in [2.45, 2.75) is 38.9 Å². The fourth-order valence-corrected chi connectivity index (χ4v) is 2.63. The van der Waals surface area contributed by atoms with Crippen molar-refractivity contribution in [1.82, 2.24) is 10.3 Å². The first-order valence-electron chi connectivity index (χ1n) is 7.66. The summed E-state index contributed by atoms with van der Waals surface area (Å²) in [4.78, 5) is 6.66. The first-order valence-corrected chi connectivity index (χ1v) is 7.66. The molecule has 3 nitrogen and oxygen atoms in total. The van der Waals surface area contributed by atoms with Gasteiger partial charge >= 0.3 is 0 Å². The van der Waals surface area contributed by atoms with E-state index < -0.39 is 0 Å². The van der Waals surface area contributed by atoms with Gasteiger partial charge in [-0.25, -0.2) is 0 Å². The Morgan fingerprint density at radius 2 is 2.10 bits per heavy atom. The predicted molar refractivity (Wildman–Crippen MR) is 87.4 cm³/mol. The average Bonchev–Trinajstić information content (AvgIpc) is 3.30. The van der Waals surface area contributed by atoms with Gasteiger partial charge in [0, 0.05) is 31.5 Å². The Labute approximate surface area is 127 Å². The molecule has 0 radical (unpaired) electrons. The summed E-state index contributed by atoms with van der Waals surface area (Å²) in [7, 11) is 2.12. The Balaban J connectivity index is 1.66. The Bertz CT molecular complexity index is 591. The van der Waals surface area contributed by atoms with E-state index in [9.17, 15) is 0 Å². The van der Waals surface area contributed by atoms with E-state index in [4.69, 9.17) is 0 Å². The molecule has 2 aromatic rings. The molecular formula is C18H23N3. The van der Waals surface area contributed by atoms with Gasteiger partial charge in [-0.15, -0.1) is 0 Å². The van der Waals surface area contributed by atoms with Gasteiger partial charge in [-0.05, 0) is 49.1 Å². The van der Waals surface area contributed by atoms with Gasteiger partial charge in [0.2, 0.25) is 0 Å². The number of rotatable bonds is 6. The van der Waals surface area contributed by atoms with Gasteiger partial charge in [-0.3, -0.25) is 4.98 Å². The van der Waals surface area contributed by atoms with Crippen molar-refractivity contribution >= 4 is 5.69 Å². The monoisotopic (exact) mass is 281 g/mol. The molecule has 1 aliphatic rings. The minimum atomic E-state index is 0.761. The highest BCUT2D eigenvalue weighted by molar-refractivity contribution is 5.54. The van der Waals surface area contributed by atoms with Crippen molar-refractivity contribution in [3.8, 4) is 0 Å². The summed E-state index contributed by atoms with van der Waals surface area (Å²) < 4.78 is 0. The first kappa shape index (κ1) is 14.1. The van der Waals surface area contributed by atoms with E-state index in [0.29, 0.717) is 0 Å². The summed E-state index contributed by atoms with van der Waals surface area (Å²) in [5, 5.41) is 3.57. The normalized spacial score (nSPS) is 14.2. The maximum Gasteiger partial charge on any atom is 0.0598 e. The van der Waals surface area contributed by atoms with Crippen molar-refractivity contribution in [1.29, 1.82) is 0 Å². The van der Waals surface area contributed by atoms with Gasteiger partial charge in [0.25, 0.3) is 0 Å². The van der Waals surface area contributed by atoms with E-state index in [0.717, 1.165) is 24.8 Å². The van der Waals surface area contributed by atoms with Gasteiger partial charge in [0.15, 0.2) is 0 Å². The van der Waals surface area contributed by atoms with Crippen molar-refractivity contribution < 1.29 is 0 Å². The zero-order valence-electron chi connectivity index (χ0n) is 12.8. The zero-order valence-corrected chi connectivity index (χ0v) is 12.8. The van der Waals surface area contributed by atoms with Crippen LogP contribution in [0.1, 0.15) is 29.7 Å². The highest BCUT2D eigenvalue weighted by Crippen LogP contribution is 2.23. The fraction of sp³-hybridized carbons (Fsp3) is 0.389. The Hall–Kier alpha value is -1.87. The van der Waals surface area contributed by atoms with Crippen molar-refractivity contribution in [3.05, 3.63) is 59.4 Å². The van der Waals surface area contributed by atoms with Gasteiger partial charge in [-0.1, -0.05) is 18.2 Å². The molecule has 3 rings (SSSR count). The van der Waals surface area contributed by atoms with Crippen LogP contribution in [-0.2, 0) is 13.1 Å². The Morgan fingerprint density at radius 1 is 1.24 bits per heavy atom. The molecule has 0 bridgehead atoms. The molecule has 1 aromatic heterocycles. The van der Waals surface area contributed by atoms with E-state index >= 15 is 0 Å². The fourth-order valence-electron chi connectivity index (χ4n) is 2.63. The number of hydrogen-bond acceptors (Lipinski definition) is 3.